The van der Waals surface area contributed by atoms with Crippen molar-refractivity contribution in [3.8, 4) is 17.2 Å². The average molecular weight is 335 g/mol. The summed E-state index contributed by atoms with van der Waals surface area (Å²) in [5, 5.41) is 0.552. The minimum atomic E-state index is -0.565. The van der Waals surface area contributed by atoms with Crippen molar-refractivity contribution in [2.24, 2.45) is 0 Å². The molecule has 0 radical (unpaired) electrons. The number of hydrogen-bond acceptors (Lipinski definition) is 5. The third-order valence-electron chi connectivity index (χ3n) is 2.96. The van der Waals surface area contributed by atoms with Crippen molar-refractivity contribution >= 4 is 23.4 Å². The Bertz CT molecular complexity index is 709. The second-order valence-corrected chi connectivity index (χ2v) is 5.07. The zero-order valence-corrected chi connectivity index (χ0v) is 13.4. The number of carbonyl (C=O) groups is 2. The van der Waals surface area contributed by atoms with Gasteiger partial charge in [-0.15, -0.1) is 0 Å². The zero-order chi connectivity index (χ0) is 16.8. The highest BCUT2D eigenvalue weighted by atomic mass is 35.5. The molecule has 0 amide bonds. The largest absolute Gasteiger partial charge is 0.493 e. The van der Waals surface area contributed by atoms with E-state index in [1.54, 1.807) is 42.5 Å². The molecule has 0 N–H and O–H groups in total. The van der Waals surface area contributed by atoms with E-state index in [0.29, 0.717) is 27.8 Å². The van der Waals surface area contributed by atoms with Gasteiger partial charge in [0, 0.05) is 10.6 Å². The molecule has 0 saturated heterocycles. The summed E-state index contributed by atoms with van der Waals surface area (Å²) in [6, 6.07) is 11.1. The van der Waals surface area contributed by atoms with Gasteiger partial charge in [-0.1, -0.05) is 11.6 Å². The predicted molar refractivity (Wildman–Crippen MR) is 85.6 cm³/mol. The number of methoxy groups -OCH3 is 1. The number of rotatable bonds is 6. The van der Waals surface area contributed by atoms with E-state index in [1.165, 1.54) is 14.0 Å². The lowest BCUT2D eigenvalue weighted by Crippen LogP contribution is -2.18. The molecule has 5 nitrogen and oxygen atoms in total. The minimum absolute atomic E-state index is 0.0861. The Morgan fingerprint density at radius 1 is 1.04 bits per heavy atom. The molecule has 23 heavy (non-hydrogen) atoms. The van der Waals surface area contributed by atoms with E-state index in [1.807, 2.05) is 0 Å². The van der Waals surface area contributed by atoms with Crippen molar-refractivity contribution in [2.75, 3.05) is 13.7 Å². The van der Waals surface area contributed by atoms with Crippen LogP contribution in [0.2, 0.25) is 5.02 Å². The lowest BCUT2D eigenvalue weighted by molar-refractivity contribution is -0.136. The summed E-state index contributed by atoms with van der Waals surface area (Å²) < 4.78 is 15.6. The van der Waals surface area contributed by atoms with E-state index in [9.17, 15) is 9.59 Å². The van der Waals surface area contributed by atoms with Crippen molar-refractivity contribution in [3.63, 3.8) is 0 Å². The maximum atomic E-state index is 11.8. The molecule has 120 valence electrons. The molecule has 6 heteroatoms. The molecule has 2 aromatic carbocycles. The van der Waals surface area contributed by atoms with Gasteiger partial charge in [0.05, 0.1) is 7.11 Å². The fraction of sp³-hybridized carbons (Fsp3) is 0.176. The van der Waals surface area contributed by atoms with E-state index >= 15 is 0 Å². The van der Waals surface area contributed by atoms with Gasteiger partial charge in [-0.05, 0) is 49.4 Å². The molecule has 0 bridgehead atoms. The maximum Gasteiger partial charge on any atom is 0.349 e. The first-order valence-electron chi connectivity index (χ1n) is 6.77. The van der Waals surface area contributed by atoms with Crippen LogP contribution in [-0.2, 0) is 4.79 Å². The summed E-state index contributed by atoms with van der Waals surface area (Å²) in [4.78, 5) is 23.1. The van der Waals surface area contributed by atoms with Crippen molar-refractivity contribution in [1.29, 1.82) is 0 Å². The number of Topliss-reactive ketones (excluding diaryl/α,β-unsaturated/α-hetero) is 1. The standard InChI is InChI=1S/C17H15ClO5/c1-11(19)12-3-8-15(16(9-12)21-2)22-10-17(20)23-14-6-4-13(18)5-7-14/h3-9H,10H2,1-2H3. The molecular formula is C17H15ClO5. The molecule has 0 aromatic heterocycles. The van der Waals surface area contributed by atoms with Crippen LogP contribution in [0.5, 0.6) is 17.2 Å². The Morgan fingerprint density at radius 3 is 2.35 bits per heavy atom. The molecule has 0 fully saturated rings. The molecule has 0 saturated carbocycles. The van der Waals surface area contributed by atoms with Crippen LogP contribution in [0.1, 0.15) is 17.3 Å². The number of esters is 1. The molecule has 0 atom stereocenters. The highest BCUT2D eigenvalue weighted by Gasteiger charge is 2.11. The summed E-state index contributed by atoms with van der Waals surface area (Å²) in [5.74, 6) is 0.450. The van der Waals surface area contributed by atoms with Gasteiger partial charge in [0.2, 0.25) is 0 Å². The van der Waals surface area contributed by atoms with Crippen molar-refractivity contribution in [3.05, 3.63) is 53.1 Å². The Balaban J connectivity index is 1.98. The summed E-state index contributed by atoms with van der Waals surface area (Å²) in [7, 11) is 1.46. The smallest absolute Gasteiger partial charge is 0.349 e. The Kier molecular flexibility index (Phi) is 5.60. The second-order valence-electron chi connectivity index (χ2n) is 4.64. The number of benzene rings is 2. The normalized spacial score (nSPS) is 10.0. The van der Waals surface area contributed by atoms with Gasteiger partial charge >= 0.3 is 5.97 Å². The number of hydrogen-bond donors (Lipinski definition) is 0. The van der Waals surface area contributed by atoms with Crippen LogP contribution in [0.4, 0.5) is 0 Å². The molecular weight excluding hydrogens is 320 g/mol. The zero-order valence-electron chi connectivity index (χ0n) is 12.7. The van der Waals surface area contributed by atoms with Crippen LogP contribution in [0.25, 0.3) is 0 Å². The van der Waals surface area contributed by atoms with Gasteiger partial charge in [0.1, 0.15) is 5.75 Å². The molecule has 2 rings (SSSR count). The molecule has 0 aliphatic heterocycles. The summed E-state index contributed by atoms with van der Waals surface area (Å²) in [6.45, 7) is 1.16. The van der Waals surface area contributed by atoms with Crippen LogP contribution in [0.3, 0.4) is 0 Å². The summed E-state index contributed by atoms with van der Waals surface area (Å²) in [6.07, 6.45) is 0. The van der Waals surface area contributed by atoms with Crippen LogP contribution < -0.4 is 14.2 Å². The average Bonchev–Trinajstić information content (AvgIpc) is 2.54. The van der Waals surface area contributed by atoms with Crippen LogP contribution >= 0.6 is 11.6 Å². The second kappa shape index (κ2) is 7.65. The van der Waals surface area contributed by atoms with E-state index in [0.717, 1.165) is 0 Å². The van der Waals surface area contributed by atoms with E-state index < -0.39 is 5.97 Å². The fourth-order valence-corrected chi connectivity index (χ4v) is 1.93. The van der Waals surface area contributed by atoms with Crippen LogP contribution in [0, 0.1) is 0 Å². The van der Waals surface area contributed by atoms with Gasteiger partial charge in [-0.25, -0.2) is 4.79 Å². The fourth-order valence-electron chi connectivity index (χ4n) is 1.81. The third-order valence-corrected chi connectivity index (χ3v) is 3.21. The monoisotopic (exact) mass is 334 g/mol. The first-order valence-corrected chi connectivity index (χ1v) is 7.15. The molecule has 0 aliphatic rings. The summed E-state index contributed by atoms with van der Waals surface area (Å²) in [5.41, 5.74) is 0.498. The predicted octanol–water partition coefficient (Wildman–Crippen LogP) is 3.54. The van der Waals surface area contributed by atoms with Crippen molar-refractivity contribution < 1.29 is 23.8 Å². The lowest BCUT2D eigenvalue weighted by atomic mass is 10.1. The lowest BCUT2D eigenvalue weighted by Gasteiger charge is -2.11. The van der Waals surface area contributed by atoms with E-state index in [4.69, 9.17) is 25.8 Å². The Morgan fingerprint density at radius 2 is 1.74 bits per heavy atom. The van der Waals surface area contributed by atoms with Crippen molar-refractivity contribution in [1.82, 2.24) is 0 Å². The van der Waals surface area contributed by atoms with E-state index in [2.05, 4.69) is 0 Å². The minimum Gasteiger partial charge on any atom is -0.493 e. The SMILES string of the molecule is COc1cc(C(C)=O)ccc1OCC(=O)Oc1ccc(Cl)cc1. The van der Waals surface area contributed by atoms with Crippen LogP contribution in [-0.4, -0.2) is 25.5 Å². The van der Waals surface area contributed by atoms with Gasteiger partial charge < -0.3 is 14.2 Å². The molecule has 2 aromatic rings. The van der Waals surface area contributed by atoms with Gasteiger partial charge in [0.15, 0.2) is 23.9 Å². The third kappa shape index (κ3) is 4.72. The van der Waals surface area contributed by atoms with Gasteiger partial charge in [-0.2, -0.15) is 0 Å². The topological polar surface area (TPSA) is 61.8 Å². The highest BCUT2D eigenvalue weighted by molar-refractivity contribution is 6.30. The molecule has 0 unspecified atom stereocenters. The quantitative estimate of drug-likeness (QED) is 0.459. The molecule has 0 aliphatic carbocycles. The van der Waals surface area contributed by atoms with Gasteiger partial charge in [-0.3, -0.25) is 4.79 Å². The highest BCUT2D eigenvalue weighted by Crippen LogP contribution is 2.28. The first-order chi connectivity index (χ1) is 11.0. The Labute approximate surface area is 138 Å². The van der Waals surface area contributed by atoms with Gasteiger partial charge in [0.25, 0.3) is 0 Å². The number of ether oxygens (including phenoxy) is 3. The van der Waals surface area contributed by atoms with Crippen molar-refractivity contribution in [2.45, 2.75) is 6.92 Å². The van der Waals surface area contributed by atoms with Crippen LogP contribution in [0.15, 0.2) is 42.5 Å². The number of ketones is 1. The number of carbonyl (C=O) groups excluding carboxylic acids is 2. The van der Waals surface area contributed by atoms with E-state index in [-0.39, 0.29) is 12.4 Å². The molecule has 0 heterocycles. The first kappa shape index (κ1) is 16.8. The molecule has 0 spiro atoms. The maximum absolute atomic E-state index is 11.8. The number of halogens is 1. The summed E-state index contributed by atoms with van der Waals surface area (Å²) >= 11 is 5.75. The Hall–Kier alpha value is -2.53.